The van der Waals surface area contributed by atoms with Gasteiger partial charge in [-0.1, -0.05) is 0 Å². The number of piperidine rings is 1. The molecule has 2 aliphatic heterocycles. The van der Waals surface area contributed by atoms with Crippen LogP contribution in [0.5, 0.6) is 0 Å². The van der Waals surface area contributed by atoms with Crippen molar-refractivity contribution < 1.29 is 14.3 Å². The number of nitrogens with one attached hydrogen (secondary N) is 1. The average Bonchev–Trinajstić information content (AvgIpc) is 2.52. The van der Waals surface area contributed by atoms with Gasteiger partial charge in [-0.15, -0.1) is 0 Å². The molecule has 2 aliphatic rings. The second-order valence-electron chi connectivity index (χ2n) is 6.15. The summed E-state index contributed by atoms with van der Waals surface area (Å²) >= 11 is 0. The lowest BCUT2D eigenvalue weighted by molar-refractivity contribution is -0.125. The van der Waals surface area contributed by atoms with Crippen molar-refractivity contribution in [3.63, 3.8) is 0 Å². The Bertz CT molecular complexity index is 429. The van der Waals surface area contributed by atoms with Gasteiger partial charge in [0.1, 0.15) is 17.0 Å². The molecule has 0 bridgehead atoms. The normalized spacial score (nSPS) is 22.2. The molecule has 106 valence electrons. The van der Waals surface area contributed by atoms with E-state index in [1.54, 1.807) is 11.8 Å². The minimum Gasteiger partial charge on any atom is -0.444 e. The quantitative estimate of drug-likeness (QED) is 0.719. The summed E-state index contributed by atoms with van der Waals surface area (Å²) in [6.07, 6.45) is 0.784. The first kappa shape index (κ1) is 13.8. The molecule has 0 radical (unpaired) electrons. The number of rotatable bonds is 0. The molecule has 2 rings (SSSR count). The van der Waals surface area contributed by atoms with Crippen LogP contribution in [0.1, 0.15) is 40.5 Å². The van der Waals surface area contributed by atoms with Gasteiger partial charge in [0, 0.05) is 13.1 Å². The highest BCUT2D eigenvalue weighted by molar-refractivity contribution is 6.07. The van der Waals surface area contributed by atoms with Gasteiger partial charge in [-0.05, 0) is 40.5 Å². The van der Waals surface area contributed by atoms with E-state index in [4.69, 9.17) is 4.74 Å². The van der Waals surface area contributed by atoms with Gasteiger partial charge in [0.15, 0.2) is 0 Å². The van der Waals surface area contributed by atoms with Gasteiger partial charge < -0.3 is 15.0 Å². The maximum Gasteiger partial charge on any atom is 0.410 e. The number of nitrogens with zero attached hydrogens (tertiary/aromatic N) is 2. The average molecular weight is 267 g/mol. The fourth-order valence-electron chi connectivity index (χ4n) is 2.40. The Morgan fingerprint density at radius 1 is 1.37 bits per heavy atom. The Hall–Kier alpha value is -1.59. The molecule has 0 atom stereocenters. The third-order valence-corrected chi connectivity index (χ3v) is 3.34. The first-order chi connectivity index (χ1) is 8.72. The maximum absolute atomic E-state index is 11.9. The van der Waals surface area contributed by atoms with E-state index < -0.39 is 11.1 Å². The molecule has 0 saturated carbocycles. The number of amides is 2. The molecular weight excluding hydrogens is 246 g/mol. The van der Waals surface area contributed by atoms with Crippen LogP contribution in [0.2, 0.25) is 0 Å². The van der Waals surface area contributed by atoms with E-state index >= 15 is 0 Å². The maximum atomic E-state index is 11.9. The lowest BCUT2D eigenvalue weighted by Gasteiger charge is -2.36. The summed E-state index contributed by atoms with van der Waals surface area (Å²) < 4.78 is 5.33. The summed E-state index contributed by atoms with van der Waals surface area (Å²) in [6, 6.07) is 0. The van der Waals surface area contributed by atoms with Crippen molar-refractivity contribution in [2.45, 2.75) is 51.7 Å². The standard InChI is InChI=1S/C13H21N3O3/c1-9-14-10(17)13(15-9)5-7-16(8-6-13)11(18)19-12(2,3)4/h5-8H2,1-4H3,(H,14,15,17). The van der Waals surface area contributed by atoms with Crippen LogP contribution in [0.15, 0.2) is 4.99 Å². The van der Waals surface area contributed by atoms with Gasteiger partial charge >= 0.3 is 6.09 Å². The number of ether oxygens (including phenoxy) is 1. The lowest BCUT2D eigenvalue weighted by atomic mass is 9.88. The first-order valence-corrected chi connectivity index (χ1v) is 6.58. The second kappa shape index (κ2) is 4.51. The Labute approximate surface area is 113 Å². The lowest BCUT2D eigenvalue weighted by Crippen LogP contribution is -2.51. The van der Waals surface area contributed by atoms with Crippen molar-refractivity contribution in [3.05, 3.63) is 0 Å². The minimum absolute atomic E-state index is 0.0474. The van der Waals surface area contributed by atoms with Crippen LogP contribution in [0.4, 0.5) is 4.79 Å². The fraction of sp³-hybridized carbons (Fsp3) is 0.769. The van der Waals surface area contributed by atoms with Crippen molar-refractivity contribution in [3.8, 4) is 0 Å². The summed E-state index contributed by atoms with van der Waals surface area (Å²) in [5.41, 5.74) is -1.16. The van der Waals surface area contributed by atoms with Crippen molar-refractivity contribution in [2.75, 3.05) is 13.1 Å². The van der Waals surface area contributed by atoms with Crippen molar-refractivity contribution in [2.24, 2.45) is 4.99 Å². The van der Waals surface area contributed by atoms with E-state index in [1.165, 1.54) is 0 Å². The largest absolute Gasteiger partial charge is 0.444 e. The van der Waals surface area contributed by atoms with Gasteiger partial charge in [0.25, 0.3) is 5.91 Å². The Morgan fingerprint density at radius 2 is 1.95 bits per heavy atom. The van der Waals surface area contributed by atoms with Crippen LogP contribution in [0.25, 0.3) is 0 Å². The number of likely N-dealkylation sites (tertiary alicyclic amines) is 1. The van der Waals surface area contributed by atoms with Crippen LogP contribution in [0.3, 0.4) is 0 Å². The predicted octanol–water partition coefficient (Wildman–Crippen LogP) is 1.30. The zero-order valence-electron chi connectivity index (χ0n) is 11.9. The third kappa shape index (κ3) is 2.88. The zero-order chi connectivity index (χ0) is 14.3. The van der Waals surface area contributed by atoms with Crippen LogP contribution in [0, 0.1) is 0 Å². The molecule has 0 aromatic carbocycles. The summed E-state index contributed by atoms with van der Waals surface area (Å²) in [5.74, 6) is 0.615. The molecule has 0 aromatic heterocycles. The number of amidine groups is 1. The first-order valence-electron chi connectivity index (χ1n) is 6.58. The molecule has 1 spiro atoms. The summed E-state index contributed by atoms with van der Waals surface area (Å²) in [6.45, 7) is 8.31. The van der Waals surface area contributed by atoms with E-state index in [2.05, 4.69) is 10.3 Å². The van der Waals surface area contributed by atoms with Crippen LogP contribution >= 0.6 is 0 Å². The smallest absolute Gasteiger partial charge is 0.410 e. The number of carbonyl (C=O) groups is 2. The Morgan fingerprint density at radius 3 is 2.37 bits per heavy atom. The number of hydrogen-bond acceptors (Lipinski definition) is 4. The van der Waals surface area contributed by atoms with Crippen molar-refractivity contribution >= 4 is 17.8 Å². The zero-order valence-corrected chi connectivity index (χ0v) is 11.9. The molecule has 1 N–H and O–H groups in total. The van der Waals surface area contributed by atoms with Gasteiger partial charge in [0.05, 0.1) is 0 Å². The SMILES string of the molecule is CC1=NC2(CCN(C(=O)OC(C)(C)C)CC2)C(=O)N1. The Kier molecular flexibility index (Phi) is 3.28. The van der Waals surface area contributed by atoms with Gasteiger partial charge in [-0.3, -0.25) is 9.79 Å². The second-order valence-corrected chi connectivity index (χ2v) is 6.15. The van der Waals surface area contributed by atoms with E-state index in [-0.39, 0.29) is 12.0 Å². The van der Waals surface area contributed by atoms with Gasteiger partial charge in [-0.25, -0.2) is 4.79 Å². The highest BCUT2D eigenvalue weighted by Crippen LogP contribution is 2.30. The topological polar surface area (TPSA) is 71.0 Å². The highest BCUT2D eigenvalue weighted by Gasteiger charge is 2.45. The summed E-state index contributed by atoms with van der Waals surface area (Å²) in [4.78, 5) is 29.9. The Balaban J connectivity index is 1.96. The number of aliphatic imine (C=N–C) groups is 1. The molecule has 6 heteroatoms. The molecule has 19 heavy (non-hydrogen) atoms. The molecule has 0 aliphatic carbocycles. The van der Waals surface area contributed by atoms with E-state index in [0.717, 1.165) is 0 Å². The van der Waals surface area contributed by atoms with Crippen LogP contribution in [-0.4, -0.2) is 47.0 Å². The summed E-state index contributed by atoms with van der Waals surface area (Å²) in [5, 5.41) is 2.74. The fourth-order valence-corrected chi connectivity index (χ4v) is 2.40. The summed E-state index contributed by atoms with van der Waals surface area (Å²) in [7, 11) is 0. The predicted molar refractivity (Wildman–Crippen MR) is 71.0 cm³/mol. The van der Waals surface area contributed by atoms with Crippen molar-refractivity contribution in [1.29, 1.82) is 0 Å². The molecule has 6 nitrogen and oxygen atoms in total. The highest BCUT2D eigenvalue weighted by atomic mass is 16.6. The van der Waals surface area contributed by atoms with Crippen molar-refractivity contribution in [1.82, 2.24) is 10.2 Å². The number of hydrogen-bond donors (Lipinski definition) is 1. The van der Waals surface area contributed by atoms with Crippen LogP contribution in [-0.2, 0) is 9.53 Å². The molecule has 1 saturated heterocycles. The van der Waals surface area contributed by atoms with Crippen LogP contribution < -0.4 is 5.32 Å². The van der Waals surface area contributed by atoms with E-state index in [0.29, 0.717) is 31.8 Å². The molecule has 0 unspecified atom stereocenters. The van der Waals surface area contributed by atoms with Gasteiger partial charge in [-0.2, -0.15) is 0 Å². The monoisotopic (exact) mass is 267 g/mol. The number of carbonyl (C=O) groups excluding carboxylic acids is 2. The van der Waals surface area contributed by atoms with E-state index in [9.17, 15) is 9.59 Å². The molecule has 0 aromatic rings. The molecule has 1 fully saturated rings. The van der Waals surface area contributed by atoms with E-state index in [1.807, 2.05) is 20.8 Å². The third-order valence-electron chi connectivity index (χ3n) is 3.34. The van der Waals surface area contributed by atoms with Gasteiger partial charge in [0.2, 0.25) is 0 Å². The molecular formula is C13H21N3O3. The molecule has 2 heterocycles. The molecule has 2 amide bonds. The minimum atomic E-state index is -0.664.